The van der Waals surface area contributed by atoms with E-state index in [-0.39, 0.29) is 11.7 Å². The maximum absolute atomic E-state index is 12.6. The van der Waals surface area contributed by atoms with Crippen LogP contribution in [0.25, 0.3) is 0 Å². The molecule has 1 amide bonds. The van der Waals surface area contributed by atoms with E-state index in [9.17, 15) is 13.2 Å². The van der Waals surface area contributed by atoms with Crippen molar-refractivity contribution in [1.82, 2.24) is 4.31 Å². The second kappa shape index (κ2) is 8.84. The van der Waals surface area contributed by atoms with E-state index in [2.05, 4.69) is 5.32 Å². The Morgan fingerprint density at radius 1 is 1.07 bits per heavy atom. The molecule has 27 heavy (non-hydrogen) atoms. The minimum absolute atomic E-state index is 0.0123. The van der Waals surface area contributed by atoms with Crippen molar-refractivity contribution in [2.24, 2.45) is 0 Å². The lowest BCUT2D eigenvalue weighted by Crippen LogP contribution is -3.15. The normalized spacial score (nSPS) is 16.2. The van der Waals surface area contributed by atoms with Crippen molar-refractivity contribution < 1.29 is 18.1 Å². The van der Waals surface area contributed by atoms with Crippen LogP contribution in [-0.4, -0.2) is 51.4 Å². The molecular formula is C19H23ClN3O3S+. The van der Waals surface area contributed by atoms with E-state index in [4.69, 9.17) is 11.6 Å². The van der Waals surface area contributed by atoms with E-state index in [1.54, 1.807) is 24.3 Å². The molecule has 0 unspecified atom stereocenters. The van der Waals surface area contributed by atoms with Gasteiger partial charge in [0.15, 0.2) is 6.54 Å². The van der Waals surface area contributed by atoms with Gasteiger partial charge in [0.2, 0.25) is 10.0 Å². The SMILES string of the molecule is O=C(C[NH+]1CCN(S(=O)(=O)Cc2ccccc2)CC1)Nc1cccc(Cl)c1. The molecule has 0 spiro atoms. The third-order valence-corrected chi connectivity index (χ3v) is 6.62. The van der Waals surface area contributed by atoms with Crippen molar-refractivity contribution in [3.05, 3.63) is 65.2 Å². The number of carbonyl (C=O) groups excluding carboxylic acids is 1. The molecule has 2 aromatic carbocycles. The average Bonchev–Trinajstić information content (AvgIpc) is 2.62. The zero-order valence-corrected chi connectivity index (χ0v) is 16.5. The molecule has 0 atom stereocenters. The standard InChI is InChI=1S/C19H22ClN3O3S/c20-17-7-4-8-18(13-17)21-19(24)14-22-9-11-23(12-10-22)27(25,26)15-16-5-2-1-3-6-16/h1-8,13H,9-12,14-15H2,(H,21,24)/p+1. The molecule has 1 saturated heterocycles. The number of halogens is 1. The molecule has 0 bridgehead atoms. The molecule has 144 valence electrons. The fraction of sp³-hybridized carbons (Fsp3) is 0.316. The third-order valence-electron chi connectivity index (χ3n) is 4.53. The van der Waals surface area contributed by atoms with Gasteiger partial charge in [0.1, 0.15) is 0 Å². The second-order valence-electron chi connectivity index (χ2n) is 6.63. The van der Waals surface area contributed by atoms with Gasteiger partial charge in [-0.2, -0.15) is 4.31 Å². The number of quaternary nitrogens is 1. The number of amides is 1. The number of nitrogens with one attached hydrogen (secondary N) is 2. The topological polar surface area (TPSA) is 70.9 Å². The summed E-state index contributed by atoms with van der Waals surface area (Å²) in [5.41, 5.74) is 1.45. The van der Waals surface area contributed by atoms with Crippen LogP contribution in [0, 0.1) is 0 Å². The van der Waals surface area contributed by atoms with Gasteiger partial charge in [-0.25, -0.2) is 8.42 Å². The van der Waals surface area contributed by atoms with E-state index in [0.29, 0.717) is 43.4 Å². The minimum atomic E-state index is -3.34. The maximum atomic E-state index is 12.6. The van der Waals surface area contributed by atoms with Crippen LogP contribution in [0.4, 0.5) is 5.69 Å². The zero-order valence-electron chi connectivity index (χ0n) is 14.9. The van der Waals surface area contributed by atoms with Gasteiger partial charge in [-0.3, -0.25) is 4.79 Å². The first-order chi connectivity index (χ1) is 12.9. The molecule has 0 saturated carbocycles. The summed E-state index contributed by atoms with van der Waals surface area (Å²) in [7, 11) is -3.34. The number of anilines is 1. The van der Waals surface area contributed by atoms with Crippen molar-refractivity contribution >= 4 is 33.2 Å². The van der Waals surface area contributed by atoms with Gasteiger partial charge in [-0.05, 0) is 23.8 Å². The highest BCUT2D eigenvalue weighted by molar-refractivity contribution is 7.88. The Balaban J connectivity index is 1.49. The Labute approximate surface area is 164 Å². The summed E-state index contributed by atoms with van der Waals surface area (Å²) in [6.45, 7) is 2.37. The van der Waals surface area contributed by atoms with Gasteiger partial charge in [-0.1, -0.05) is 48.0 Å². The lowest BCUT2D eigenvalue weighted by Gasteiger charge is -2.31. The van der Waals surface area contributed by atoms with Crippen molar-refractivity contribution in [2.75, 3.05) is 38.0 Å². The number of piperazine rings is 1. The van der Waals surface area contributed by atoms with Crippen molar-refractivity contribution in [1.29, 1.82) is 0 Å². The van der Waals surface area contributed by atoms with E-state index in [1.807, 2.05) is 30.3 Å². The Morgan fingerprint density at radius 2 is 1.78 bits per heavy atom. The fourth-order valence-corrected chi connectivity index (χ4v) is 4.86. The molecule has 0 aliphatic carbocycles. The number of sulfonamides is 1. The van der Waals surface area contributed by atoms with Gasteiger partial charge in [0, 0.05) is 10.7 Å². The first kappa shape index (κ1) is 19.8. The van der Waals surface area contributed by atoms with Gasteiger partial charge >= 0.3 is 0 Å². The Morgan fingerprint density at radius 3 is 2.44 bits per heavy atom. The predicted molar refractivity (Wildman–Crippen MR) is 106 cm³/mol. The van der Waals surface area contributed by atoms with E-state index >= 15 is 0 Å². The Bertz CT molecular complexity index is 882. The van der Waals surface area contributed by atoms with Crippen molar-refractivity contribution in [2.45, 2.75) is 5.75 Å². The lowest BCUT2D eigenvalue weighted by molar-refractivity contribution is -0.895. The number of nitrogens with zero attached hydrogens (tertiary/aromatic N) is 1. The highest BCUT2D eigenvalue weighted by Gasteiger charge is 2.29. The molecule has 1 aliphatic heterocycles. The van der Waals surface area contributed by atoms with Crippen molar-refractivity contribution in [3.63, 3.8) is 0 Å². The molecule has 1 fully saturated rings. The van der Waals surface area contributed by atoms with Gasteiger partial charge in [0.05, 0.1) is 31.9 Å². The van der Waals surface area contributed by atoms with Crippen LogP contribution in [0.15, 0.2) is 54.6 Å². The predicted octanol–water partition coefficient (Wildman–Crippen LogP) is 1.01. The lowest BCUT2D eigenvalue weighted by atomic mass is 10.2. The second-order valence-corrected chi connectivity index (χ2v) is 9.03. The van der Waals surface area contributed by atoms with E-state index in [1.165, 1.54) is 4.31 Å². The summed E-state index contributed by atoms with van der Waals surface area (Å²) >= 11 is 5.92. The van der Waals surface area contributed by atoms with Crippen LogP contribution in [0.2, 0.25) is 5.02 Å². The van der Waals surface area contributed by atoms with E-state index < -0.39 is 10.0 Å². The summed E-state index contributed by atoms with van der Waals surface area (Å²) in [4.78, 5) is 13.3. The zero-order chi connectivity index (χ0) is 19.3. The summed E-state index contributed by atoms with van der Waals surface area (Å²) in [5, 5.41) is 3.40. The summed E-state index contributed by atoms with van der Waals surface area (Å²) < 4.78 is 26.7. The number of hydrogen-bond donors (Lipinski definition) is 2. The molecule has 6 nitrogen and oxygen atoms in total. The molecule has 3 rings (SSSR count). The number of rotatable bonds is 6. The molecule has 2 N–H and O–H groups in total. The minimum Gasteiger partial charge on any atom is -0.325 e. The Kier molecular flexibility index (Phi) is 6.49. The van der Waals surface area contributed by atoms with Gasteiger partial charge < -0.3 is 10.2 Å². The van der Waals surface area contributed by atoms with Crippen LogP contribution in [0.3, 0.4) is 0 Å². The summed E-state index contributed by atoms with van der Waals surface area (Å²) in [6.07, 6.45) is 0. The van der Waals surface area contributed by atoms with Gasteiger partial charge in [-0.15, -0.1) is 0 Å². The van der Waals surface area contributed by atoms with Crippen LogP contribution in [-0.2, 0) is 20.6 Å². The first-order valence-corrected chi connectivity index (χ1v) is 10.8. The molecule has 0 radical (unpaired) electrons. The van der Waals surface area contributed by atoms with Crippen molar-refractivity contribution in [3.8, 4) is 0 Å². The molecule has 1 heterocycles. The highest BCUT2D eigenvalue weighted by Crippen LogP contribution is 2.14. The Hall–Kier alpha value is -1.93. The summed E-state index contributed by atoms with van der Waals surface area (Å²) in [6, 6.07) is 16.2. The molecule has 0 aromatic heterocycles. The monoisotopic (exact) mass is 408 g/mol. The molecular weight excluding hydrogens is 386 g/mol. The largest absolute Gasteiger partial charge is 0.325 e. The first-order valence-electron chi connectivity index (χ1n) is 8.83. The van der Waals surface area contributed by atoms with Crippen LogP contribution in [0.1, 0.15) is 5.56 Å². The number of benzene rings is 2. The van der Waals surface area contributed by atoms with E-state index in [0.717, 1.165) is 10.5 Å². The smallest absolute Gasteiger partial charge is 0.279 e. The van der Waals surface area contributed by atoms with Gasteiger partial charge in [0.25, 0.3) is 5.91 Å². The molecule has 2 aromatic rings. The third kappa shape index (κ3) is 5.77. The quantitative estimate of drug-likeness (QED) is 0.749. The fourth-order valence-electron chi connectivity index (χ4n) is 3.13. The van der Waals surface area contributed by atoms with Crippen LogP contribution >= 0.6 is 11.6 Å². The summed E-state index contributed by atoms with van der Waals surface area (Å²) in [5.74, 6) is -0.0915. The molecule has 8 heteroatoms. The molecule has 1 aliphatic rings. The highest BCUT2D eigenvalue weighted by atomic mass is 35.5. The number of hydrogen-bond acceptors (Lipinski definition) is 3. The van der Waals surface area contributed by atoms with Crippen LogP contribution in [0.5, 0.6) is 0 Å². The maximum Gasteiger partial charge on any atom is 0.279 e. The van der Waals surface area contributed by atoms with Crippen LogP contribution < -0.4 is 10.2 Å². The number of carbonyl (C=O) groups is 1. The average molecular weight is 409 g/mol.